The quantitative estimate of drug-likeness (QED) is 0.585. The molecule has 0 aromatic carbocycles. The third-order valence-electron chi connectivity index (χ3n) is 2.39. The summed E-state index contributed by atoms with van der Waals surface area (Å²) in [7, 11) is 0. The van der Waals surface area contributed by atoms with Crippen LogP contribution in [0.4, 0.5) is 0 Å². The van der Waals surface area contributed by atoms with Crippen molar-refractivity contribution in [1.82, 2.24) is 10.6 Å². The van der Waals surface area contributed by atoms with Crippen LogP contribution in [-0.4, -0.2) is 12.1 Å². The van der Waals surface area contributed by atoms with E-state index in [1.165, 1.54) is 18.5 Å². The van der Waals surface area contributed by atoms with E-state index in [1.54, 1.807) is 0 Å². The molecule has 2 aliphatic rings. The van der Waals surface area contributed by atoms with Crippen molar-refractivity contribution in [3.8, 4) is 0 Å². The van der Waals surface area contributed by atoms with E-state index in [1.807, 2.05) is 0 Å². The van der Waals surface area contributed by atoms with Crippen LogP contribution in [-0.2, 0) is 0 Å². The minimum absolute atomic E-state index is 0.615. The number of nitrogens with one attached hydrogen (secondary N) is 2. The van der Waals surface area contributed by atoms with Gasteiger partial charge in [0.2, 0.25) is 0 Å². The van der Waals surface area contributed by atoms with Crippen LogP contribution in [0, 0.1) is 0 Å². The predicted molar refractivity (Wildman–Crippen MR) is 46.0 cm³/mol. The molecule has 2 nitrogen and oxygen atoms in total. The molecule has 0 saturated heterocycles. The fraction of sp³-hybridized carbons (Fsp3) is 0.556. The number of allylic oxidation sites excluding steroid dienone is 1. The average Bonchev–Trinajstić information content (AvgIpc) is 2.55. The lowest BCUT2D eigenvalue weighted by molar-refractivity contribution is 0.463. The van der Waals surface area contributed by atoms with E-state index >= 15 is 0 Å². The Morgan fingerprint density at radius 2 is 2.27 bits per heavy atom. The second-order valence-corrected chi connectivity index (χ2v) is 3.28. The summed E-state index contributed by atoms with van der Waals surface area (Å²) in [5, 5.41) is 6.80. The third kappa shape index (κ3) is 1.25. The SMILES string of the molecule is CC1=CCC(C2CC=CN2)N1. The molecule has 2 heteroatoms. The Morgan fingerprint density at radius 1 is 1.36 bits per heavy atom. The lowest BCUT2D eigenvalue weighted by Crippen LogP contribution is -2.40. The Balaban J connectivity index is 1.89. The van der Waals surface area contributed by atoms with Crippen LogP contribution in [0.25, 0.3) is 0 Å². The van der Waals surface area contributed by atoms with Crippen LogP contribution in [0.3, 0.4) is 0 Å². The molecular formula is C9H14N2. The van der Waals surface area contributed by atoms with Crippen LogP contribution in [0.1, 0.15) is 19.8 Å². The molecule has 0 saturated carbocycles. The topological polar surface area (TPSA) is 24.1 Å². The fourth-order valence-electron chi connectivity index (χ4n) is 1.73. The normalized spacial score (nSPS) is 34.8. The van der Waals surface area contributed by atoms with Crippen molar-refractivity contribution in [2.45, 2.75) is 31.8 Å². The van der Waals surface area contributed by atoms with Crippen LogP contribution in [0.2, 0.25) is 0 Å². The summed E-state index contributed by atoms with van der Waals surface area (Å²) >= 11 is 0. The summed E-state index contributed by atoms with van der Waals surface area (Å²) in [5.74, 6) is 0. The highest BCUT2D eigenvalue weighted by Gasteiger charge is 2.23. The van der Waals surface area contributed by atoms with Gasteiger partial charge in [0.15, 0.2) is 0 Å². The molecule has 2 N–H and O–H groups in total. The Labute approximate surface area is 67.4 Å². The minimum Gasteiger partial charge on any atom is -0.386 e. The smallest absolute Gasteiger partial charge is 0.0497 e. The Kier molecular flexibility index (Phi) is 1.60. The van der Waals surface area contributed by atoms with Gasteiger partial charge in [-0.1, -0.05) is 12.2 Å². The lowest BCUT2D eigenvalue weighted by Gasteiger charge is -2.20. The zero-order chi connectivity index (χ0) is 7.68. The van der Waals surface area contributed by atoms with Crippen molar-refractivity contribution in [1.29, 1.82) is 0 Å². The number of rotatable bonds is 1. The van der Waals surface area contributed by atoms with Gasteiger partial charge in [0, 0.05) is 17.8 Å². The summed E-state index contributed by atoms with van der Waals surface area (Å²) in [6, 6.07) is 1.23. The molecule has 0 aromatic rings. The van der Waals surface area contributed by atoms with Crippen LogP contribution >= 0.6 is 0 Å². The molecule has 60 valence electrons. The number of hydrogen-bond acceptors (Lipinski definition) is 2. The molecule has 0 bridgehead atoms. The molecule has 0 radical (unpaired) electrons. The van der Waals surface area contributed by atoms with E-state index in [0.717, 1.165) is 0 Å². The highest BCUT2D eigenvalue weighted by Crippen LogP contribution is 2.16. The van der Waals surface area contributed by atoms with Gasteiger partial charge in [0.1, 0.15) is 0 Å². The Hall–Kier alpha value is -0.920. The second kappa shape index (κ2) is 2.61. The van der Waals surface area contributed by atoms with E-state index in [9.17, 15) is 0 Å². The highest BCUT2D eigenvalue weighted by molar-refractivity contribution is 5.12. The van der Waals surface area contributed by atoms with Gasteiger partial charge in [-0.2, -0.15) is 0 Å². The molecule has 0 fully saturated rings. The van der Waals surface area contributed by atoms with E-state index in [2.05, 4.69) is 35.9 Å². The van der Waals surface area contributed by atoms with Crippen LogP contribution in [0.5, 0.6) is 0 Å². The van der Waals surface area contributed by atoms with Gasteiger partial charge in [-0.05, 0) is 26.0 Å². The van der Waals surface area contributed by atoms with Gasteiger partial charge < -0.3 is 10.6 Å². The molecule has 2 unspecified atom stereocenters. The fourth-order valence-corrected chi connectivity index (χ4v) is 1.73. The predicted octanol–water partition coefficient (Wildman–Crippen LogP) is 1.13. The molecule has 2 atom stereocenters. The van der Waals surface area contributed by atoms with Gasteiger partial charge in [-0.3, -0.25) is 0 Å². The molecule has 0 aromatic heterocycles. The van der Waals surface area contributed by atoms with E-state index < -0.39 is 0 Å². The zero-order valence-electron chi connectivity index (χ0n) is 6.80. The molecule has 0 aliphatic carbocycles. The summed E-state index contributed by atoms with van der Waals surface area (Å²) < 4.78 is 0. The molecule has 2 aliphatic heterocycles. The van der Waals surface area contributed by atoms with Crippen molar-refractivity contribution in [2.24, 2.45) is 0 Å². The Bertz CT molecular complexity index is 198. The summed E-state index contributed by atoms with van der Waals surface area (Å²) in [6.07, 6.45) is 8.86. The second-order valence-electron chi connectivity index (χ2n) is 3.28. The van der Waals surface area contributed by atoms with Gasteiger partial charge >= 0.3 is 0 Å². The molecular weight excluding hydrogens is 136 g/mol. The highest BCUT2D eigenvalue weighted by atomic mass is 15.0. The monoisotopic (exact) mass is 150 g/mol. The maximum absolute atomic E-state index is 3.45. The van der Waals surface area contributed by atoms with Gasteiger partial charge in [0.25, 0.3) is 0 Å². The Morgan fingerprint density at radius 3 is 2.82 bits per heavy atom. The van der Waals surface area contributed by atoms with Crippen molar-refractivity contribution in [2.75, 3.05) is 0 Å². The standard InChI is InChI=1S/C9H14N2/c1-7-4-5-9(11-7)8-3-2-6-10-8/h2,4,6,8-11H,3,5H2,1H3. The van der Waals surface area contributed by atoms with Crippen molar-refractivity contribution in [3.05, 3.63) is 24.0 Å². The summed E-state index contributed by atoms with van der Waals surface area (Å²) in [5.41, 5.74) is 1.32. The van der Waals surface area contributed by atoms with E-state index in [4.69, 9.17) is 0 Å². The van der Waals surface area contributed by atoms with Crippen LogP contribution in [0.15, 0.2) is 24.0 Å². The molecule has 0 spiro atoms. The zero-order valence-corrected chi connectivity index (χ0v) is 6.80. The average molecular weight is 150 g/mol. The first kappa shape index (κ1) is 6.77. The van der Waals surface area contributed by atoms with Gasteiger partial charge in [-0.15, -0.1) is 0 Å². The summed E-state index contributed by atoms with van der Waals surface area (Å²) in [6.45, 7) is 2.13. The van der Waals surface area contributed by atoms with Crippen LogP contribution < -0.4 is 10.6 Å². The third-order valence-corrected chi connectivity index (χ3v) is 2.39. The van der Waals surface area contributed by atoms with Crippen molar-refractivity contribution >= 4 is 0 Å². The molecule has 0 amide bonds. The molecule has 2 heterocycles. The molecule has 11 heavy (non-hydrogen) atoms. The van der Waals surface area contributed by atoms with Crippen molar-refractivity contribution in [3.63, 3.8) is 0 Å². The minimum atomic E-state index is 0.615. The first-order chi connectivity index (χ1) is 5.36. The summed E-state index contributed by atoms with van der Waals surface area (Å²) in [4.78, 5) is 0. The molecule has 2 rings (SSSR count). The van der Waals surface area contributed by atoms with E-state index in [0.29, 0.717) is 12.1 Å². The lowest BCUT2D eigenvalue weighted by atomic mass is 10.1. The van der Waals surface area contributed by atoms with Gasteiger partial charge in [0.05, 0.1) is 0 Å². The van der Waals surface area contributed by atoms with E-state index in [-0.39, 0.29) is 0 Å². The van der Waals surface area contributed by atoms with Gasteiger partial charge in [-0.25, -0.2) is 0 Å². The first-order valence-corrected chi connectivity index (χ1v) is 4.20. The largest absolute Gasteiger partial charge is 0.386 e. The maximum atomic E-state index is 3.45. The number of hydrogen-bond donors (Lipinski definition) is 2. The van der Waals surface area contributed by atoms with Crippen molar-refractivity contribution < 1.29 is 0 Å². The first-order valence-electron chi connectivity index (χ1n) is 4.20. The maximum Gasteiger partial charge on any atom is 0.0497 e.